The molecule has 0 unspecified atom stereocenters. The molecule has 0 bridgehead atoms. The fourth-order valence-corrected chi connectivity index (χ4v) is 2.47. The number of aromatic nitrogens is 1. The third-order valence-corrected chi connectivity index (χ3v) is 3.36. The number of anilines is 2. The van der Waals surface area contributed by atoms with Crippen molar-refractivity contribution in [2.24, 2.45) is 0 Å². The predicted molar refractivity (Wildman–Crippen MR) is 62.8 cm³/mol. The summed E-state index contributed by atoms with van der Waals surface area (Å²) in [5, 5.41) is 0. The van der Waals surface area contributed by atoms with Crippen LogP contribution in [0.25, 0.3) is 0 Å². The minimum absolute atomic E-state index is 0.798. The number of hydrogen-bond acceptors (Lipinski definition) is 4. The Morgan fingerprint density at radius 3 is 3.14 bits per heavy atom. The van der Waals surface area contributed by atoms with Crippen LogP contribution in [0.3, 0.4) is 0 Å². The van der Waals surface area contributed by atoms with Crippen molar-refractivity contribution in [2.75, 3.05) is 35.2 Å². The fraction of sp³-hybridized carbons (Fsp3) is 0.500. The summed E-state index contributed by atoms with van der Waals surface area (Å²) in [6.07, 6.45) is 3.02. The maximum absolute atomic E-state index is 5.73. The molecule has 2 N–H and O–H groups in total. The van der Waals surface area contributed by atoms with Gasteiger partial charge in [0.1, 0.15) is 5.82 Å². The lowest BCUT2D eigenvalue weighted by Gasteiger charge is -2.20. The van der Waals surface area contributed by atoms with Gasteiger partial charge in [-0.15, -0.1) is 0 Å². The van der Waals surface area contributed by atoms with Gasteiger partial charge in [0.15, 0.2) is 0 Å². The van der Waals surface area contributed by atoms with Crippen LogP contribution in [0.15, 0.2) is 18.3 Å². The summed E-state index contributed by atoms with van der Waals surface area (Å²) in [6, 6.07) is 3.78. The highest BCUT2D eigenvalue weighted by molar-refractivity contribution is 7.99. The standard InChI is InChI=1S/C10H15N3S/c11-9-2-3-12-10(8-9)13-4-1-6-14-7-5-13/h2-3,8H,1,4-7H2,(H2,11,12). The van der Waals surface area contributed by atoms with Crippen molar-refractivity contribution in [2.45, 2.75) is 6.42 Å². The smallest absolute Gasteiger partial charge is 0.130 e. The summed E-state index contributed by atoms with van der Waals surface area (Å²) in [6.45, 7) is 2.19. The molecule has 3 nitrogen and oxygen atoms in total. The van der Waals surface area contributed by atoms with Crippen LogP contribution >= 0.6 is 11.8 Å². The molecule has 2 rings (SSSR count). The third kappa shape index (κ3) is 2.32. The molecule has 14 heavy (non-hydrogen) atoms. The Morgan fingerprint density at radius 2 is 2.29 bits per heavy atom. The SMILES string of the molecule is Nc1ccnc(N2CCCSCC2)c1. The van der Waals surface area contributed by atoms with E-state index in [1.807, 2.05) is 23.9 Å². The minimum Gasteiger partial charge on any atom is -0.399 e. The lowest BCUT2D eigenvalue weighted by molar-refractivity contribution is 0.802. The molecule has 1 saturated heterocycles. The summed E-state index contributed by atoms with van der Waals surface area (Å²) in [5.74, 6) is 3.47. The van der Waals surface area contributed by atoms with Gasteiger partial charge in [0.2, 0.25) is 0 Å². The highest BCUT2D eigenvalue weighted by Crippen LogP contribution is 2.18. The van der Waals surface area contributed by atoms with Gasteiger partial charge >= 0.3 is 0 Å². The summed E-state index contributed by atoms with van der Waals surface area (Å²) in [7, 11) is 0. The Labute approximate surface area is 88.7 Å². The van der Waals surface area contributed by atoms with E-state index in [1.165, 1.54) is 17.9 Å². The van der Waals surface area contributed by atoms with Crippen molar-refractivity contribution >= 4 is 23.3 Å². The number of pyridine rings is 1. The van der Waals surface area contributed by atoms with E-state index in [1.54, 1.807) is 6.20 Å². The van der Waals surface area contributed by atoms with Crippen LogP contribution < -0.4 is 10.6 Å². The molecule has 0 aliphatic carbocycles. The van der Waals surface area contributed by atoms with Gasteiger partial charge in [-0.25, -0.2) is 4.98 Å². The Balaban J connectivity index is 2.12. The quantitative estimate of drug-likeness (QED) is 0.763. The van der Waals surface area contributed by atoms with Gasteiger partial charge in [0.25, 0.3) is 0 Å². The van der Waals surface area contributed by atoms with E-state index in [0.717, 1.165) is 24.6 Å². The van der Waals surface area contributed by atoms with Crippen LogP contribution in [0.4, 0.5) is 11.5 Å². The monoisotopic (exact) mass is 209 g/mol. The minimum atomic E-state index is 0.798. The van der Waals surface area contributed by atoms with Gasteiger partial charge in [-0.05, 0) is 18.2 Å². The maximum Gasteiger partial charge on any atom is 0.130 e. The molecule has 0 atom stereocenters. The summed E-state index contributed by atoms with van der Waals surface area (Å²) >= 11 is 2.02. The normalized spacial score (nSPS) is 17.9. The first kappa shape index (κ1) is 9.65. The van der Waals surface area contributed by atoms with Crippen LogP contribution in [-0.2, 0) is 0 Å². The predicted octanol–water partition coefficient (Wildman–Crippen LogP) is 1.61. The highest BCUT2D eigenvalue weighted by Gasteiger charge is 2.10. The van der Waals surface area contributed by atoms with E-state index in [4.69, 9.17) is 5.73 Å². The Hall–Kier alpha value is -0.900. The first-order chi connectivity index (χ1) is 6.86. The molecular weight excluding hydrogens is 194 g/mol. The molecule has 76 valence electrons. The number of nitrogen functional groups attached to an aromatic ring is 1. The van der Waals surface area contributed by atoms with Crippen molar-refractivity contribution in [1.29, 1.82) is 0 Å². The Bertz CT molecular complexity index is 295. The van der Waals surface area contributed by atoms with Crippen molar-refractivity contribution in [3.8, 4) is 0 Å². The number of hydrogen-bond donors (Lipinski definition) is 1. The number of nitrogens with zero attached hydrogens (tertiary/aromatic N) is 2. The molecule has 0 saturated carbocycles. The molecule has 4 heteroatoms. The first-order valence-electron chi connectivity index (χ1n) is 4.90. The molecule has 0 radical (unpaired) electrons. The Morgan fingerprint density at radius 1 is 1.36 bits per heavy atom. The van der Waals surface area contributed by atoms with Crippen molar-refractivity contribution in [3.63, 3.8) is 0 Å². The second kappa shape index (κ2) is 4.55. The largest absolute Gasteiger partial charge is 0.399 e. The molecule has 0 aromatic carbocycles. The first-order valence-corrected chi connectivity index (χ1v) is 6.06. The fourth-order valence-electron chi connectivity index (χ4n) is 1.58. The topological polar surface area (TPSA) is 42.1 Å². The van der Waals surface area contributed by atoms with Crippen molar-refractivity contribution in [3.05, 3.63) is 18.3 Å². The molecule has 1 fully saturated rings. The third-order valence-electron chi connectivity index (χ3n) is 2.32. The van der Waals surface area contributed by atoms with Crippen LogP contribution in [0.1, 0.15) is 6.42 Å². The summed E-state index contributed by atoms with van der Waals surface area (Å²) in [5.41, 5.74) is 6.53. The lowest BCUT2D eigenvalue weighted by atomic mass is 10.3. The zero-order valence-electron chi connectivity index (χ0n) is 8.15. The van der Waals surface area contributed by atoms with Gasteiger partial charge in [-0.2, -0.15) is 11.8 Å². The zero-order valence-corrected chi connectivity index (χ0v) is 8.96. The van der Waals surface area contributed by atoms with E-state index in [0.29, 0.717) is 0 Å². The second-order valence-corrected chi connectivity index (χ2v) is 4.63. The molecular formula is C10H15N3S. The average molecular weight is 209 g/mol. The second-order valence-electron chi connectivity index (χ2n) is 3.40. The van der Waals surface area contributed by atoms with Crippen LogP contribution in [0, 0.1) is 0 Å². The van der Waals surface area contributed by atoms with Crippen LogP contribution in [-0.4, -0.2) is 29.6 Å². The van der Waals surface area contributed by atoms with Crippen LogP contribution in [0.5, 0.6) is 0 Å². The van der Waals surface area contributed by atoms with Gasteiger partial charge in [0, 0.05) is 36.8 Å². The summed E-state index contributed by atoms with van der Waals surface area (Å²) < 4.78 is 0. The average Bonchev–Trinajstić information content (AvgIpc) is 2.45. The van der Waals surface area contributed by atoms with Gasteiger partial charge in [-0.3, -0.25) is 0 Å². The summed E-state index contributed by atoms with van der Waals surface area (Å²) in [4.78, 5) is 6.66. The maximum atomic E-state index is 5.73. The molecule has 1 aromatic rings. The molecule has 0 amide bonds. The Kier molecular flexibility index (Phi) is 3.14. The molecule has 0 spiro atoms. The molecule has 2 heterocycles. The molecule has 1 aromatic heterocycles. The number of thioether (sulfide) groups is 1. The molecule has 1 aliphatic rings. The number of rotatable bonds is 1. The van der Waals surface area contributed by atoms with Gasteiger partial charge < -0.3 is 10.6 Å². The van der Waals surface area contributed by atoms with Gasteiger partial charge in [0.05, 0.1) is 0 Å². The van der Waals surface area contributed by atoms with Crippen LogP contribution in [0.2, 0.25) is 0 Å². The number of nitrogens with two attached hydrogens (primary N) is 1. The van der Waals surface area contributed by atoms with Gasteiger partial charge in [-0.1, -0.05) is 0 Å². The van der Waals surface area contributed by atoms with E-state index in [-0.39, 0.29) is 0 Å². The highest BCUT2D eigenvalue weighted by atomic mass is 32.2. The van der Waals surface area contributed by atoms with Crippen molar-refractivity contribution < 1.29 is 0 Å². The van der Waals surface area contributed by atoms with E-state index >= 15 is 0 Å². The van der Waals surface area contributed by atoms with E-state index in [2.05, 4.69) is 9.88 Å². The molecule has 1 aliphatic heterocycles. The van der Waals surface area contributed by atoms with E-state index < -0.39 is 0 Å². The van der Waals surface area contributed by atoms with Crippen molar-refractivity contribution in [1.82, 2.24) is 4.98 Å². The van der Waals surface area contributed by atoms with E-state index in [9.17, 15) is 0 Å². The zero-order chi connectivity index (χ0) is 9.80. The lowest BCUT2D eigenvalue weighted by Crippen LogP contribution is -2.26.